The maximum atomic E-state index is 13.0. The number of hydrogen-bond acceptors (Lipinski definition) is 4. The van der Waals surface area contributed by atoms with Crippen LogP contribution >= 0.6 is 0 Å². The second-order valence-corrected chi connectivity index (χ2v) is 7.49. The van der Waals surface area contributed by atoms with Crippen LogP contribution < -0.4 is 10.1 Å². The van der Waals surface area contributed by atoms with Crippen LogP contribution in [-0.2, 0) is 11.2 Å². The Bertz CT molecular complexity index is 1100. The summed E-state index contributed by atoms with van der Waals surface area (Å²) in [6.07, 6.45) is 5.48. The van der Waals surface area contributed by atoms with Gasteiger partial charge < -0.3 is 10.1 Å². The Morgan fingerprint density at radius 3 is 2.86 bits per heavy atom. The molecule has 1 unspecified atom stereocenters. The lowest BCUT2D eigenvalue weighted by molar-refractivity contribution is -0.118. The van der Waals surface area contributed by atoms with Gasteiger partial charge in [-0.25, -0.2) is 0 Å². The van der Waals surface area contributed by atoms with Crippen LogP contribution in [0.1, 0.15) is 30.5 Å². The molecule has 2 N–H and O–H groups in total. The molecule has 29 heavy (non-hydrogen) atoms. The first-order valence-corrected chi connectivity index (χ1v) is 9.90. The standard InChI is InChI=1S/C23H22N4O2/c1-29-16-7-4-14(5-8-16)20-13-21(27-26-20)25-23(28)19-11-10-18-17(19)9-6-15-3-2-12-24-22(15)18/h2-5,7-8,12-13,19H,6,9-11H2,1H3,(H2,25,26,27,28). The molecule has 1 amide bonds. The molecule has 0 aliphatic heterocycles. The van der Waals surface area contributed by atoms with Gasteiger partial charge in [0.2, 0.25) is 5.91 Å². The summed E-state index contributed by atoms with van der Waals surface area (Å²) in [7, 11) is 1.64. The number of hydrogen-bond donors (Lipinski definition) is 2. The van der Waals surface area contributed by atoms with E-state index in [-0.39, 0.29) is 11.8 Å². The maximum Gasteiger partial charge on any atom is 0.232 e. The predicted octanol–water partition coefficient (Wildman–Crippen LogP) is 4.23. The van der Waals surface area contributed by atoms with E-state index in [0.29, 0.717) is 5.82 Å². The molecule has 0 bridgehead atoms. The number of carbonyl (C=O) groups excluding carboxylic acids is 1. The lowest BCUT2D eigenvalue weighted by Gasteiger charge is -2.20. The molecule has 5 rings (SSSR count). The number of nitrogens with zero attached hydrogens (tertiary/aromatic N) is 2. The number of methoxy groups -OCH3 is 1. The van der Waals surface area contributed by atoms with Crippen LogP contribution in [0.25, 0.3) is 16.8 Å². The number of H-pyrrole nitrogens is 1. The molecule has 0 fully saturated rings. The molecule has 1 atom stereocenters. The summed E-state index contributed by atoms with van der Waals surface area (Å²) >= 11 is 0. The number of carbonyl (C=O) groups is 1. The average Bonchev–Trinajstić information content (AvgIpc) is 3.41. The van der Waals surface area contributed by atoms with Crippen molar-refractivity contribution in [1.29, 1.82) is 0 Å². The Morgan fingerprint density at radius 2 is 2.03 bits per heavy atom. The van der Waals surface area contributed by atoms with E-state index < -0.39 is 0 Å². The fraction of sp³-hybridized carbons (Fsp3) is 0.261. The molecule has 2 aromatic heterocycles. The smallest absolute Gasteiger partial charge is 0.232 e. The molecule has 0 saturated carbocycles. The monoisotopic (exact) mass is 386 g/mol. The van der Waals surface area contributed by atoms with E-state index >= 15 is 0 Å². The number of amides is 1. The number of benzene rings is 1. The van der Waals surface area contributed by atoms with Gasteiger partial charge in [0.15, 0.2) is 5.82 Å². The number of fused-ring (bicyclic) bond motifs is 2. The number of rotatable bonds is 4. The number of nitrogens with one attached hydrogen (secondary N) is 2. The Hall–Kier alpha value is -3.41. The fourth-order valence-corrected chi connectivity index (χ4v) is 4.42. The van der Waals surface area contributed by atoms with Gasteiger partial charge in [-0.2, -0.15) is 5.10 Å². The number of aryl methyl sites for hydroxylation is 1. The second-order valence-electron chi connectivity index (χ2n) is 7.49. The van der Waals surface area contributed by atoms with Crippen molar-refractivity contribution in [3.63, 3.8) is 0 Å². The highest BCUT2D eigenvalue weighted by Crippen LogP contribution is 2.44. The van der Waals surface area contributed by atoms with Crippen molar-refractivity contribution in [3.05, 3.63) is 65.5 Å². The average molecular weight is 386 g/mol. The number of pyridine rings is 1. The van der Waals surface area contributed by atoms with E-state index in [4.69, 9.17) is 4.74 Å². The summed E-state index contributed by atoms with van der Waals surface area (Å²) in [5.41, 5.74) is 6.74. The van der Waals surface area contributed by atoms with Crippen LogP contribution in [0.2, 0.25) is 0 Å². The Balaban J connectivity index is 1.33. The van der Waals surface area contributed by atoms with Gasteiger partial charge in [0, 0.05) is 12.3 Å². The van der Waals surface area contributed by atoms with Crippen molar-refractivity contribution in [1.82, 2.24) is 15.2 Å². The van der Waals surface area contributed by atoms with Gasteiger partial charge in [-0.15, -0.1) is 0 Å². The quantitative estimate of drug-likeness (QED) is 0.703. The highest BCUT2D eigenvalue weighted by atomic mass is 16.5. The Labute approximate surface area is 169 Å². The Kier molecular flexibility index (Phi) is 4.39. The molecule has 6 heteroatoms. The van der Waals surface area contributed by atoms with Gasteiger partial charge in [-0.1, -0.05) is 11.6 Å². The molecular weight excluding hydrogens is 364 g/mol. The zero-order valence-corrected chi connectivity index (χ0v) is 16.2. The van der Waals surface area contributed by atoms with E-state index in [1.54, 1.807) is 7.11 Å². The molecule has 2 aliphatic carbocycles. The van der Waals surface area contributed by atoms with E-state index in [1.165, 1.54) is 16.7 Å². The van der Waals surface area contributed by atoms with Crippen LogP contribution in [0.5, 0.6) is 5.75 Å². The molecule has 2 heterocycles. The van der Waals surface area contributed by atoms with Crippen LogP contribution in [0.4, 0.5) is 5.82 Å². The minimum Gasteiger partial charge on any atom is -0.497 e. The van der Waals surface area contributed by atoms with Gasteiger partial charge in [-0.05, 0) is 72.7 Å². The third-order valence-electron chi connectivity index (χ3n) is 5.88. The molecule has 146 valence electrons. The SMILES string of the molecule is COc1ccc(-c2cc(NC(=O)C3CCC4=C3CCc3cccnc34)n[nH]2)cc1. The molecule has 0 spiro atoms. The van der Waals surface area contributed by atoms with Gasteiger partial charge in [-0.3, -0.25) is 14.9 Å². The topological polar surface area (TPSA) is 79.9 Å². The summed E-state index contributed by atoms with van der Waals surface area (Å²) in [5, 5.41) is 10.3. The Morgan fingerprint density at radius 1 is 1.17 bits per heavy atom. The minimum atomic E-state index is -0.0960. The third kappa shape index (κ3) is 3.20. The lowest BCUT2D eigenvalue weighted by atomic mass is 9.87. The van der Waals surface area contributed by atoms with Gasteiger partial charge >= 0.3 is 0 Å². The molecular formula is C23H22N4O2. The maximum absolute atomic E-state index is 13.0. The summed E-state index contributed by atoms with van der Waals surface area (Å²) in [5.74, 6) is 1.27. The summed E-state index contributed by atoms with van der Waals surface area (Å²) in [6.45, 7) is 0. The van der Waals surface area contributed by atoms with Gasteiger partial charge in [0.25, 0.3) is 0 Å². The normalized spacial score (nSPS) is 17.6. The number of aromatic nitrogens is 3. The summed E-state index contributed by atoms with van der Waals surface area (Å²) in [6, 6.07) is 13.7. The first-order chi connectivity index (χ1) is 14.2. The van der Waals surface area contributed by atoms with Gasteiger partial charge in [0.05, 0.1) is 24.4 Å². The zero-order chi connectivity index (χ0) is 19.8. The van der Waals surface area contributed by atoms with E-state index in [2.05, 4.69) is 26.6 Å². The lowest BCUT2D eigenvalue weighted by Crippen LogP contribution is -2.23. The van der Waals surface area contributed by atoms with Crippen LogP contribution in [0, 0.1) is 5.92 Å². The van der Waals surface area contributed by atoms with Crippen molar-refractivity contribution < 1.29 is 9.53 Å². The number of aromatic amines is 1. The highest BCUT2D eigenvalue weighted by molar-refractivity contribution is 5.97. The fourth-order valence-electron chi connectivity index (χ4n) is 4.42. The van der Waals surface area contributed by atoms with Crippen molar-refractivity contribution in [2.24, 2.45) is 5.92 Å². The van der Waals surface area contributed by atoms with Crippen molar-refractivity contribution >= 4 is 17.3 Å². The number of anilines is 1. The molecule has 6 nitrogen and oxygen atoms in total. The van der Waals surface area contributed by atoms with Crippen LogP contribution in [0.15, 0.2) is 54.2 Å². The van der Waals surface area contributed by atoms with Crippen molar-refractivity contribution in [2.45, 2.75) is 25.7 Å². The van der Waals surface area contributed by atoms with E-state index in [9.17, 15) is 4.79 Å². The zero-order valence-electron chi connectivity index (χ0n) is 16.2. The first kappa shape index (κ1) is 17.7. The number of allylic oxidation sites excluding steroid dienone is 1. The van der Waals surface area contributed by atoms with E-state index in [0.717, 1.165) is 48.4 Å². The second kappa shape index (κ2) is 7.20. The number of ether oxygens (including phenoxy) is 1. The predicted molar refractivity (Wildman–Crippen MR) is 111 cm³/mol. The highest BCUT2D eigenvalue weighted by Gasteiger charge is 2.35. The third-order valence-corrected chi connectivity index (χ3v) is 5.88. The largest absolute Gasteiger partial charge is 0.497 e. The van der Waals surface area contributed by atoms with Crippen LogP contribution in [0.3, 0.4) is 0 Å². The molecule has 1 aromatic carbocycles. The minimum absolute atomic E-state index is 0.0159. The molecule has 3 aromatic rings. The van der Waals surface area contributed by atoms with Crippen molar-refractivity contribution in [2.75, 3.05) is 12.4 Å². The van der Waals surface area contributed by atoms with E-state index in [1.807, 2.05) is 42.6 Å². The molecule has 2 aliphatic rings. The van der Waals surface area contributed by atoms with Gasteiger partial charge in [0.1, 0.15) is 5.75 Å². The summed E-state index contributed by atoms with van der Waals surface area (Å²) in [4.78, 5) is 17.5. The van der Waals surface area contributed by atoms with Crippen molar-refractivity contribution in [3.8, 4) is 17.0 Å². The van der Waals surface area contributed by atoms with Crippen LogP contribution in [-0.4, -0.2) is 28.2 Å². The summed E-state index contributed by atoms with van der Waals surface area (Å²) < 4.78 is 5.19. The molecule has 0 radical (unpaired) electrons. The first-order valence-electron chi connectivity index (χ1n) is 9.90. The molecule has 0 saturated heterocycles.